The first-order valence-corrected chi connectivity index (χ1v) is 12.0. The monoisotopic (exact) mass is 505 g/mol. The number of amides is 1. The van der Waals surface area contributed by atoms with Gasteiger partial charge in [-0.05, 0) is 35.7 Å². The van der Waals surface area contributed by atoms with Crippen LogP contribution in [-0.4, -0.2) is 54.2 Å². The van der Waals surface area contributed by atoms with Crippen LogP contribution in [0.25, 0.3) is 0 Å². The largest absolute Gasteiger partial charge is 0.385 e. The number of hydrogen-bond acceptors (Lipinski definition) is 4. The van der Waals surface area contributed by atoms with Gasteiger partial charge in [0.05, 0.1) is 11.8 Å². The molecule has 1 saturated heterocycles. The average Bonchev–Trinajstić information content (AvgIpc) is 2.86. The molecule has 4 rings (SSSR count). The summed E-state index contributed by atoms with van der Waals surface area (Å²) in [6.07, 6.45) is 0. The molecule has 0 saturated carbocycles. The third kappa shape index (κ3) is 6.09. The topological polar surface area (TPSA) is 45.1 Å². The second-order valence-corrected chi connectivity index (χ2v) is 9.01. The lowest BCUT2D eigenvalue weighted by molar-refractivity contribution is -0.138. The lowest BCUT2D eigenvalue weighted by Gasteiger charge is -2.39. The van der Waals surface area contributed by atoms with Gasteiger partial charge in [-0.3, -0.25) is 9.69 Å². The van der Waals surface area contributed by atoms with Crippen LogP contribution in [0.1, 0.15) is 29.7 Å². The van der Waals surface area contributed by atoms with Crippen LogP contribution in [0.2, 0.25) is 0 Å². The lowest BCUT2D eigenvalue weighted by atomic mass is 9.96. The molecule has 1 amide bonds. The Morgan fingerprint density at radius 3 is 1.97 bits per heavy atom. The minimum absolute atomic E-state index is 0.0296. The van der Waals surface area contributed by atoms with E-state index in [1.165, 1.54) is 11.1 Å². The molecule has 0 bridgehead atoms. The molecule has 1 heterocycles. The Morgan fingerprint density at radius 1 is 0.879 bits per heavy atom. The van der Waals surface area contributed by atoms with Crippen molar-refractivity contribution in [3.63, 3.8) is 0 Å². The molecule has 0 aliphatic carbocycles. The Balaban J connectivity index is 1.34. The Hall–Kier alpha value is -2.96. The molecule has 0 atom stereocenters. The summed E-state index contributed by atoms with van der Waals surface area (Å²) in [5, 5.41) is 4.12. The molecule has 0 radical (unpaired) electrons. The Labute approximate surface area is 203 Å². The van der Waals surface area contributed by atoms with Crippen LogP contribution in [-0.2, 0) is 9.63 Å². The van der Waals surface area contributed by atoms with E-state index >= 15 is 0 Å². The number of nitrogens with zero attached hydrogens (tertiary/aromatic N) is 3. The molecule has 5 nitrogen and oxygen atoms in total. The first-order chi connectivity index (χ1) is 16.1. The SMILES string of the molecule is CC(=NOCC(=O)N1CCN(C(c2ccccc2)c2ccccc2)CC1)c1ccc(Br)cc1. The molecule has 3 aromatic carbocycles. The zero-order valence-corrected chi connectivity index (χ0v) is 20.3. The Morgan fingerprint density at radius 2 is 1.42 bits per heavy atom. The second kappa shape index (κ2) is 11.3. The number of piperazine rings is 1. The number of rotatable bonds is 7. The maximum atomic E-state index is 12.7. The first kappa shape index (κ1) is 23.2. The summed E-state index contributed by atoms with van der Waals surface area (Å²) in [5.41, 5.74) is 4.25. The van der Waals surface area contributed by atoms with E-state index in [0.717, 1.165) is 28.8 Å². The van der Waals surface area contributed by atoms with Gasteiger partial charge >= 0.3 is 0 Å². The molecular weight excluding hydrogens is 478 g/mol. The van der Waals surface area contributed by atoms with Crippen LogP contribution in [0, 0.1) is 0 Å². The summed E-state index contributed by atoms with van der Waals surface area (Å²) in [4.78, 5) is 22.4. The van der Waals surface area contributed by atoms with Gasteiger partial charge in [0.15, 0.2) is 6.61 Å². The molecule has 1 aliphatic heterocycles. The summed E-state index contributed by atoms with van der Waals surface area (Å²) < 4.78 is 1.01. The number of hydrogen-bond donors (Lipinski definition) is 0. The van der Waals surface area contributed by atoms with E-state index in [0.29, 0.717) is 13.1 Å². The van der Waals surface area contributed by atoms with Crippen LogP contribution < -0.4 is 0 Å². The molecule has 0 spiro atoms. The Bertz CT molecular complexity index is 1020. The summed E-state index contributed by atoms with van der Waals surface area (Å²) in [6, 6.07) is 29.1. The average molecular weight is 506 g/mol. The van der Waals surface area contributed by atoms with Crippen LogP contribution in [0.15, 0.2) is 94.6 Å². The summed E-state index contributed by atoms with van der Waals surface area (Å²) in [5.74, 6) is -0.0296. The highest BCUT2D eigenvalue weighted by molar-refractivity contribution is 9.10. The molecular formula is C27H28BrN3O2. The van der Waals surface area contributed by atoms with E-state index < -0.39 is 0 Å². The fourth-order valence-electron chi connectivity index (χ4n) is 4.13. The molecule has 1 aliphatic rings. The molecule has 0 unspecified atom stereocenters. The zero-order valence-electron chi connectivity index (χ0n) is 18.7. The van der Waals surface area contributed by atoms with Crippen LogP contribution in [0.3, 0.4) is 0 Å². The van der Waals surface area contributed by atoms with Crippen molar-refractivity contribution in [1.82, 2.24) is 9.80 Å². The number of oxime groups is 1. The number of halogens is 1. The quantitative estimate of drug-likeness (QED) is 0.330. The molecule has 1 fully saturated rings. The van der Waals surface area contributed by atoms with Gasteiger partial charge in [-0.2, -0.15) is 0 Å². The van der Waals surface area contributed by atoms with Gasteiger partial charge in [-0.15, -0.1) is 0 Å². The van der Waals surface area contributed by atoms with Crippen LogP contribution in [0.4, 0.5) is 0 Å². The fraction of sp³-hybridized carbons (Fsp3) is 0.259. The first-order valence-electron chi connectivity index (χ1n) is 11.2. The minimum atomic E-state index is -0.0470. The molecule has 6 heteroatoms. The predicted octanol–water partition coefficient (Wildman–Crippen LogP) is 5.12. The van der Waals surface area contributed by atoms with Crippen molar-refractivity contribution in [2.24, 2.45) is 5.16 Å². The van der Waals surface area contributed by atoms with Gasteiger partial charge in [0.25, 0.3) is 5.91 Å². The van der Waals surface area contributed by atoms with E-state index in [2.05, 4.69) is 74.5 Å². The molecule has 33 heavy (non-hydrogen) atoms. The van der Waals surface area contributed by atoms with Crippen molar-refractivity contribution in [3.05, 3.63) is 106 Å². The van der Waals surface area contributed by atoms with Crippen molar-refractivity contribution < 1.29 is 9.63 Å². The third-order valence-corrected chi connectivity index (χ3v) is 6.44. The highest BCUT2D eigenvalue weighted by atomic mass is 79.9. The van der Waals surface area contributed by atoms with E-state index in [4.69, 9.17) is 4.84 Å². The van der Waals surface area contributed by atoms with Gasteiger partial charge in [0.1, 0.15) is 0 Å². The van der Waals surface area contributed by atoms with E-state index in [1.807, 2.05) is 48.2 Å². The highest BCUT2D eigenvalue weighted by Gasteiger charge is 2.28. The standard InChI is InChI=1S/C27H28BrN3O2/c1-21(22-12-14-25(28)15-13-22)29-33-20-26(32)30-16-18-31(19-17-30)27(23-8-4-2-5-9-23)24-10-6-3-7-11-24/h2-15,27H,16-20H2,1H3. The Kier molecular flexibility index (Phi) is 7.92. The summed E-state index contributed by atoms with van der Waals surface area (Å²) in [7, 11) is 0. The number of carbonyl (C=O) groups excluding carboxylic acids is 1. The van der Waals surface area contributed by atoms with Crippen molar-refractivity contribution in [3.8, 4) is 0 Å². The molecule has 0 aromatic heterocycles. The van der Waals surface area contributed by atoms with Gasteiger partial charge in [0.2, 0.25) is 0 Å². The molecule has 0 N–H and O–H groups in total. The van der Waals surface area contributed by atoms with Crippen LogP contribution in [0.5, 0.6) is 0 Å². The maximum absolute atomic E-state index is 12.7. The second-order valence-electron chi connectivity index (χ2n) is 8.10. The van der Waals surface area contributed by atoms with E-state index in [-0.39, 0.29) is 18.6 Å². The van der Waals surface area contributed by atoms with Crippen molar-refractivity contribution in [2.45, 2.75) is 13.0 Å². The van der Waals surface area contributed by atoms with Crippen molar-refractivity contribution in [2.75, 3.05) is 32.8 Å². The predicted molar refractivity (Wildman–Crippen MR) is 135 cm³/mol. The number of benzene rings is 3. The lowest BCUT2D eigenvalue weighted by Crippen LogP contribution is -2.50. The maximum Gasteiger partial charge on any atom is 0.263 e. The highest BCUT2D eigenvalue weighted by Crippen LogP contribution is 2.29. The fourth-order valence-corrected chi connectivity index (χ4v) is 4.40. The zero-order chi connectivity index (χ0) is 23.0. The third-order valence-electron chi connectivity index (χ3n) is 5.91. The molecule has 3 aromatic rings. The van der Waals surface area contributed by atoms with Gasteiger partial charge in [-0.25, -0.2) is 0 Å². The summed E-state index contributed by atoms with van der Waals surface area (Å²) >= 11 is 3.43. The van der Waals surface area contributed by atoms with Crippen LogP contribution >= 0.6 is 15.9 Å². The smallest absolute Gasteiger partial charge is 0.263 e. The van der Waals surface area contributed by atoms with Gasteiger partial charge < -0.3 is 9.74 Å². The van der Waals surface area contributed by atoms with E-state index in [9.17, 15) is 4.79 Å². The molecule has 170 valence electrons. The van der Waals surface area contributed by atoms with E-state index in [1.54, 1.807) is 0 Å². The van der Waals surface area contributed by atoms with Crippen molar-refractivity contribution in [1.29, 1.82) is 0 Å². The van der Waals surface area contributed by atoms with Crippen molar-refractivity contribution >= 4 is 27.5 Å². The summed E-state index contributed by atoms with van der Waals surface area (Å²) in [6.45, 7) is 4.79. The minimum Gasteiger partial charge on any atom is -0.385 e. The van der Waals surface area contributed by atoms with Gasteiger partial charge in [-0.1, -0.05) is 93.9 Å². The van der Waals surface area contributed by atoms with Gasteiger partial charge in [0, 0.05) is 30.7 Å². The number of carbonyl (C=O) groups is 1. The normalized spacial score (nSPS) is 15.0.